The van der Waals surface area contributed by atoms with Crippen LogP contribution in [0.15, 0.2) is 53.3 Å². The summed E-state index contributed by atoms with van der Waals surface area (Å²) in [6.07, 6.45) is 1.84. The predicted molar refractivity (Wildman–Crippen MR) is 97.5 cm³/mol. The largest absolute Gasteiger partial charge is 0.276 e. The minimum atomic E-state index is -0.106. The number of hydrogen-bond donors (Lipinski definition) is 0. The summed E-state index contributed by atoms with van der Waals surface area (Å²) in [7, 11) is 0. The Morgan fingerprint density at radius 1 is 1.04 bits per heavy atom. The van der Waals surface area contributed by atoms with Crippen molar-refractivity contribution in [2.75, 3.05) is 0 Å². The number of hydrogen-bond acceptors (Lipinski definition) is 4. The van der Waals surface area contributed by atoms with E-state index in [-0.39, 0.29) is 5.56 Å². The van der Waals surface area contributed by atoms with E-state index in [0.717, 1.165) is 16.7 Å². The summed E-state index contributed by atoms with van der Waals surface area (Å²) in [6, 6.07) is 15.2. The van der Waals surface area contributed by atoms with Gasteiger partial charge in [0, 0.05) is 10.6 Å². The molecule has 0 bridgehead atoms. The fourth-order valence-corrected chi connectivity index (χ4v) is 3.50. The van der Waals surface area contributed by atoms with Crippen LogP contribution >= 0.6 is 22.9 Å². The second-order valence-electron chi connectivity index (χ2n) is 5.47. The lowest BCUT2D eigenvalue weighted by Crippen LogP contribution is -2.23. The Bertz CT molecular complexity index is 1130. The van der Waals surface area contributed by atoms with Gasteiger partial charge in [0.1, 0.15) is 0 Å². The number of fused-ring (bicyclic) bond motifs is 1. The summed E-state index contributed by atoms with van der Waals surface area (Å²) in [5.74, 6) is 0.571. The highest BCUT2D eigenvalue weighted by Crippen LogP contribution is 2.18. The summed E-state index contributed by atoms with van der Waals surface area (Å²) in [5, 5.41) is 8.98. The number of aryl methyl sites for hydroxylation is 1. The van der Waals surface area contributed by atoms with E-state index in [1.165, 1.54) is 11.3 Å². The monoisotopic (exact) mass is 353 g/mol. The molecule has 0 N–H and O–H groups in total. The fraction of sp³-hybridized carbons (Fsp3) is 0.0556. The number of aromatic nitrogens is 3. The lowest BCUT2D eigenvalue weighted by atomic mass is 10.1. The lowest BCUT2D eigenvalue weighted by molar-refractivity contribution is 1.09. The molecule has 0 amide bonds. The first-order valence-corrected chi connectivity index (χ1v) is 8.53. The molecule has 0 saturated heterocycles. The van der Waals surface area contributed by atoms with Crippen LogP contribution in [0.5, 0.6) is 0 Å². The molecule has 6 heteroatoms. The highest BCUT2D eigenvalue weighted by molar-refractivity contribution is 7.15. The summed E-state index contributed by atoms with van der Waals surface area (Å²) in [6.45, 7) is 2.02. The smallest absolute Gasteiger partial charge is 0.267 e. The van der Waals surface area contributed by atoms with Crippen LogP contribution < -0.4 is 10.1 Å². The van der Waals surface area contributed by atoms with Crippen molar-refractivity contribution in [3.05, 3.63) is 79.6 Å². The molecule has 0 aliphatic heterocycles. The SMILES string of the molecule is Cc1ccc(-c2nnc3sc(=Cc4ccc(Cl)cc4)c(=O)n23)cc1. The van der Waals surface area contributed by atoms with Crippen molar-refractivity contribution in [1.29, 1.82) is 0 Å². The van der Waals surface area contributed by atoms with Gasteiger partial charge in [0.05, 0.1) is 4.53 Å². The summed E-state index contributed by atoms with van der Waals surface area (Å²) in [5.41, 5.74) is 2.85. The van der Waals surface area contributed by atoms with E-state index >= 15 is 0 Å². The molecule has 2 aromatic heterocycles. The molecule has 4 rings (SSSR count). The van der Waals surface area contributed by atoms with Gasteiger partial charge in [0.25, 0.3) is 5.56 Å². The first kappa shape index (κ1) is 15.1. The molecule has 2 aromatic carbocycles. The van der Waals surface area contributed by atoms with Crippen LogP contribution in [-0.4, -0.2) is 14.6 Å². The lowest BCUT2D eigenvalue weighted by Gasteiger charge is -1.97. The molecular weight excluding hydrogens is 342 g/mol. The zero-order chi connectivity index (χ0) is 16.7. The highest BCUT2D eigenvalue weighted by Gasteiger charge is 2.13. The molecule has 0 aliphatic carbocycles. The zero-order valence-electron chi connectivity index (χ0n) is 12.7. The van der Waals surface area contributed by atoms with Crippen LogP contribution in [0.25, 0.3) is 22.4 Å². The molecule has 4 nitrogen and oxygen atoms in total. The van der Waals surface area contributed by atoms with Gasteiger partial charge in [0.15, 0.2) is 5.82 Å². The maximum atomic E-state index is 12.8. The van der Waals surface area contributed by atoms with Crippen molar-refractivity contribution >= 4 is 34.0 Å². The normalized spacial score (nSPS) is 12.2. The minimum Gasteiger partial charge on any atom is -0.267 e. The van der Waals surface area contributed by atoms with Crippen LogP contribution in [0.4, 0.5) is 0 Å². The molecule has 0 radical (unpaired) electrons. The van der Waals surface area contributed by atoms with E-state index < -0.39 is 0 Å². The predicted octanol–water partition coefficient (Wildman–Crippen LogP) is 3.33. The van der Waals surface area contributed by atoms with E-state index in [1.807, 2.05) is 49.4 Å². The van der Waals surface area contributed by atoms with E-state index in [0.29, 0.717) is 20.3 Å². The van der Waals surface area contributed by atoms with E-state index in [9.17, 15) is 4.79 Å². The minimum absolute atomic E-state index is 0.106. The van der Waals surface area contributed by atoms with Gasteiger partial charge in [-0.15, -0.1) is 10.2 Å². The Labute approximate surface area is 146 Å². The molecular formula is C18H12ClN3OS. The third-order valence-corrected chi connectivity index (χ3v) is 4.94. The highest BCUT2D eigenvalue weighted by atomic mass is 35.5. The first-order valence-electron chi connectivity index (χ1n) is 7.34. The molecule has 0 saturated carbocycles. The zero-order valence-corrected chi connectivity index (χ0v) is 14.3. The van der Waals surface area contributed by atoms with Crippen LogP contribution in [0.2, 0.25) is 5.02 Å². The van der Waals surface area contributed by atoms with Crippen LogP contribution in [0, 0.1) is 6.92 Å². The van der Waals surface area contributed by atoms with E-state index in [4.69, 9.17) is 11.6 Å². The van der Waals surface area contributed by atoms with Crippen LogP contribution in [0.3, 0.4) is 0 Å². The number of rotatable bonds is 2. The van der Waals surface area contributed by atoms with Crippen molar-refractivity contribution in [2.45, 2.75) is 6.92 Å². The maximum absolute atomic E-state index is 12.8. The average Bonchev–Trinajstić information content (AvgIpc) is 3.12. The number of benzene rings is 2. The number of halogens is 1. The van der Waals surface area contributed by atoms with Crippen molar-refractivity contribution in [1.82, 2.24) is 14.6 Å². The standard InChI is InChI=1S/C18H12ClN3OS/c1-11-2-6-13(7-3-11)16-20-21-18-22(16)17(23)15(24-18)10-12-4-8-14(19)9-5-12/h2-10H,1H3. The van der Waals surface area contributed by atoms with Gasteiger partial charge < -0.3 is 0 Å². The third-order valence-electron chi connectivity index (χ3n) is 3.73. The molecule has 2 heterocycles. The average molecular weight is 354 g/mol. The molecule has 24 heavy (non-hydrogen) atoms. The second kappa shape index (κ2) is 5.85. The maximum Gasteiger partial charge on any atom is 0.276 e. The Hall–Kier alpha value is -2.50. The van der Waals surface area contributed by atoms with Gasteiger partial charge in [-0.05, 0) is 30.7 Å². The summed E-state index contributed by atoms with van der Waals surface area (Å²) < 4.78 is 2.19. The van der Waals surface area contributed by atoms with Crippen LogP contribution in [0.1, 0.15) is 11.1 Å². The first-order chi connectivity index (χ1) is 11.6. The van der Waals surface area contributed by atoms with Crippen LogP contribution in [-0.2, 0) is 0 Å². The van der Waals surface area contributed by atoms with E-state index in [1.54, 1.807) is 16.5 Å². The molecule has 0 spiro atoms. The third kappa shape index (κ3) is 2.62. The van der Waals surface area contributed by atoms with Crippen molar-refractivity contribution in [3.63, 3.8) is 0 Å². The number of thiazole rings is 1. The quantitative estimate of drug-likeness (QED) is 0.555. The Kier molecular flexibility index (Phi) is 3.67. The second-order valence-corrected chi connectivity index (χ2v) is 6.92. The molecule has 0 unspecified atom stereocenters. The van der Waals surface area contributed by atoms with Gasteiger partial charge in [-0.2, -0.15) is 0 Å². The Morgan fingerprint density at radius 3 is 2.46 bits per heavy atom. The summed E-state index contributed by atoms with van der Waals surface area (Å²) >= 11 is 7.23. The van der Waals surface area contributed by atoms with E-state index in [2.05, 4.69) is 10.2 Å². The van der Waals surface area contributed by atoms with Crippen molar-refractivity contribution < 1.29 is 0 Å². The topological polar surface area (TPSA) is 47.3 Å². The van der Waals surface area contributed by atoms with Gasteiger partial charge >= 0.3 is 0 Å². The van der Waals surface area contributed by atoms with Gasteiger partial charge in [0.2, 0.25) is 4.96 Å². The summed E-state index contributed by atoms with van der Waals surface area (Å²) in [4.78, 5) is 13.4. The van der Waals surface area contributed by atoms with Crippen molar-refractivity contribution in [3.8, 4) is 11.4 Å². The van der Waals surface area contributed by atoms with Gasteiger partial charge in [-0.1, -0.05) is 64.9 Å². The fourth-order valence-electron chi connectivity index (χ4n) is 2.46. The van der Waals surface area contributed by atoms with Gasteiger partial charge in [-0.25, -0.2) is 4.40 Å². The Morgan fingerprint density at radius 2 is 1.75 bits per heavy atom. The molecule has 0 atom stereocenters. The van der Waals surface area contributed by atoms with Crippen molar-refractivity contribution in [2.24, 2.45) is 0 Å². The molecule has 0 fully saturated rings. The molecule has 0 aliphatic rings. The molecule has 118 valence electrons. The number of nitrogens with zero attached hydrogens (tertiary/aromatic N) is 3. The van der Waals surface area contributed by atoms with Gasteiger partial charge in [-0.3, -0.25) is 4.79 Å². The Balaban J connectivity index is 1.89. The molecule has 4 aromatic rings.